The molecule has 3 rings (SSSR count). The minimum Gasteiger partial charge on any atom is -0.346 e. The van der Waals surface area contributed by atoms with Gasteiger partial charge in [0.15, 0.2) is 0 Å². The lowest BCUT2D eigenvalue weighted by atomic mass is 10.1. The third kappa shape index (κ3) is 4.62. The Hall–Kier alpha value is -1.84. The fourth-order valence-corrected chi connectivity index (χ4v) is 3.45. The van der Waals surface area contributed by atoms with Gasteiger partial charge in [-0.2, -0.15) is 0 Å². The summed E-state index contributed by atoms with van der Waals surface area (Å²) in [5.41, 5.74) is 2.20. The van der Waals surface area contributed by atoms with E-state index in [-0.39, 0.29) is 17.9 Å². The number of carbonyl (C=O) groups is 1. The molecule has 1 N–H and O–H groups in total. The quantitative estimate of drug-likeness (QED) is 0.619. The molecule has 0 bridgehead atoms. The fraction of sp³-hybridized carbons (Fsp3) is 0.619. The van der Waals surface area contributed by atoms with Gasteiger partial charge in [0.25, 0.3) is 0 Å². The number of aryl methyl sites for hydroxylation is 1. The molecular weight excluding hydrogens is 310 g/mol. The zero-order valence-electron chi connectivity index (χ0n) is 15.6. The molecule has 4 nitrogen and oxygen atoms in total. The van der Waals surface area contributed by atoms with E-state index in [1.807, 2.05) is 6.07 Å². The first-order valence-electron chi connectivity index (χ1n) is 9.96. The van der Waals surface area contributed by atoms with E-state index >= 15 is 0 Å². The Bertz CT molecular complexity index is 702. The number of nitrogens with one attached hydrogen (secondary N) is 1. The first-order chi connectivity index (χ1) is 12.2. The number of hydrogen-bond donors (Lipinski definition) is 1. The third-order valence-electron chi connectivity index (χ3n) is 5.11. The smallest absolute Gasteiger partial charge is 0.223 e. The third-order valence-corrected chi connectivity index (χ3v) is 5.11. The van der Waals surface area contributed by atoms with E-state index in [4.69, 9.17) is 4.98 Å². The number of rotatable bonds is 10. The van der Waals surface area contributed by atoms with Gasteiger partial charge in [-0.25, -0.2) is 4.98 Å². The summed E-state index contributed by atoms with van der Waals surface area (Å²) in [6, 6.07) is 8.26. The normalized spacial score (nSPS) is 15.4. The summed E-state index contributed by atoms with van der Waals surface area (Å²) in [7, 11) is 0. The zero-order valence-corrected chi connectivity index (χ0v) is 15.6. The molecule has 25 heavy (non-hydrogen) atoms. The lowest BCUT2D eigenvalue weighted by Crippen LogP contribution is -2.29. The Morgan fingerprint density at radius 3 is 2.68 bits per heavy atom. The molecule has 2 aromatic rings. The minimum absolute atomic E-state index is 0.0411. The molecule has 1 unspecified atom stereocenters. The molecule has 0 radical (unpaired) electrons. The maximum Gasteiger partial charge on any atom is 0.223 e. The van der Waals surface area contributed by atoms with Gasteiger partial charge in [0.05, 0.1) is 17.1 Å². The number of benzene rings is 1. The molecule has 1 fully saturated rings. The summed E-state index contributed by atoms with van der Waals surface area (Å²) in [6.45, 7) is 5.28. The van der Waals surface area contributed by atoms with Crippen molar-refractivity contribution < 1.29 is 4.79 Å². The van der Waals surface area contributed by atoms with Crippen LogP contribution in [0.4, 0.5) is 0 Å². The van der Waals surface area contributed by atoms with Gasteiger partial charge in [0.2, 0.25) is 5.91 Å². The van der Waals surface area contributed by atoms with E-state index in [0.29, 0.717) is 0 Å². The molecule has 1 aliphatic rings. The van der Waals surface area contributed by atoms with Crippen molar-refractivity contribution in [2.24, 2.45) is 5.92 Å². The summed E-state index contributed by atoms with van der Waals surface area (Å²) >= 11 is 0. The van der Waals surface area contributed by atoms with Crippen molar-refractivity contribution in [1.29, 1.82) is 0 Å². The van der Waals surface area contributed by atoms with Crippen LogP contribution in [-0.2, 0) is 11.3 Å². The van der Waals surface area contributed by atoms with Gasteiger partial charge in [0.1, 0.15) is 5.82 Å². The van der Waals surface area contributed by atoms with Crippen LogP contribution in [0.3, 0.4) is 0 Å². The van der Waals surface area contributed by atoms with Crippen LogP contribution in [-0.4, -0.2) is 15.5 Å². The zero-order chi connectivity index (χ0) is 17.6. The molecule has 1 atom stereocenters. The average Bonchev–Trinajstić information content (AvgIpc) is 3.40. The molecule has 0 spiro atoms. The number of para-hydroxylation sites is 2. The van der Waals surface area contributed by atoms with Crippen LogP contribution in [0.25, 0.3) is 11.0 Å². The molecule has 1 amide bonds. The van der Waals surface area contributed by atoms with Gasteiger partial charge >= 0.3 is 0 Å². The Balaban J connectivity index is 1.69. The van der Waals surface area contributed by atoms with Crippen LogP contribution in [0.1, 0.15) is 77.1 Å². The molecule has 1 heterocycles. The summed E-state index contributed by atoms with van der Waals surface area (Å²) < 4.78 is 2.31. The number of imidazole rings is 1. The van der Waals surface area contributed by atoms with Crippen molar-refractivity contribution in [2.75, 3.05) is 0 Å². The maximum atomic E-state index is 12.1. The van der Waals surface area contributed by atoms with Crippen molar-refractivity contribution in [2.45, 2.75) is 77.8 Å². The highest BCUT2D eigenvalue weighted by atomic mass is 16.2. The van der Waals surface area contributed by atoms with Gasteiger partial charge < -0.3 is 9.88 Å². The topological polar surface area (TPSA) is 46.9 Å². The van der Waals surface area contributed by atoms with Crippen molar-refractivity contribution >= 4 is 16.9 Å². The molecule has 1 aliphatic carbocycles. The first-order valence-corrected chi connectivity index (χ1v) is 9.96. The average molecular weight is 341 g/mol. The van der Waals surface area contributed by atoms with Crippen LogP contribution < -0.4 is 5.32 Å². The van der Waals surface area contributed by atoms with Gasteiger partial charge in [-0.3, -0.25) is 4.79 Å². The predicted molar refractivity (Wildman–Crippen MR) is 102 cm³/mol. The van der Waals surface area contributed by atoms with E-state index in [0.717, 1.165) is 30.7 Å². The highest BCUT2D eigenvalue weighted by Crippen LogP contribution is 2.30. The van der Waals surface area contributed by atoms with Crippen LogP contribution in [0, 0.1) is 5.92 Å². The number of aromatic nitrogens is 2. The van der Waals surface area contributed by atoms with E-state index in [9.17, 15) is 4.79 Å². The van der Waals surface area contributed by atoms with Crippen LogP contribution in [0.15, 0.2) is 24.3 Å². The summed E-state index contributed by atoms with van der Waals surface area (Å²) in [4.78, 5) is 17.0. The van der Waals surface area contributed by atoms with Crippen molar-refractivity contribution in [3.05, 3.63) is 30.1 Å². The second-order valence-corrected chi connectivity index (χ2v) is 7.38. The van der Waals surface area contributed by atoms with Crippen molar-refractivity contribution in [3.8, 4) is 0 Å². The number of nitrogens with zero attached hydrogens (tertiary/aromatic N) is 2. The van der Waals surface area contributed by atoms with E-state index in [2.05, 4.69) is 41.9 Å². The molecule has 4 heteroatoms. The minimum atomic E-state index is -0.0411. The number of fused-ring (bicyclic) bond motifs is 1. The number of unbranched alkanes of at least 4 members (excludes halogenated alkanes) is 5. The van der Waals surface area contributed by atoms with Crippen LogP contribution in [0.2, 0.25) is 0 Å². The highest BCUT2D eigenvalue weighted by molar-refractivity contribution is 5.81. The Kier molecular flexibility index (Phi) is 6.11. The lowest BCUT2D eigenvalue weighted by Gasteiger charge is -2.16. The largest absolute Gasteiger partial charge is 0.346 e. The Labute approximate surface area is 151 Å². The second-order valence-electron chi connectivity index (χ2n) is 7.38. The van der Waals surface area contributed by atoms with E-state index in [1.165, 1.54) is 44.0 Å². The van der Waals surface area contributed by atoms with Gasteiger partial charge in [-0.15, -0.1) is 0 Å². The first kappa shape index (κ1) is 18.0. The molecule has 0 aliphatic heterocycles. The van der Waals surface area contributed by atoms with Crippen molar-refractivity contribution in [1.82, 2.24) is 14.9 Å². The van der Waals surface area contributed by atoms with Crippen LogP contribution >= 0.6 is 0 Å². The van der Waals surface area contributed by atoms with Gasteiger partial charge in [-0.05, 0) is 38.3 Å². The number of hydrogen-bond acceptors (Lipinski definition) is 2. The number of carbonyl (C=O) groups excluding carboxylic acids is 1. The monoisotopic (exact) mass is 341 g/mol. The van der Waals surface area contributed by atoms with Gasteiger partial charge in [-0.1, -0.05) is 51.2 Å². The predicted octanol–water partition coefficient (Wildman–Crippen LogP) is 4.98. The van der Waals surface area contributed by atoms with E-state index < -0.39 is 0 Å². The lowest BCUT2D eigenvalue weighted by molar-refractivity contribution is -0.123. The summed E-state index contributed by atoms with van der Waals surface area (Å²) in [6.07, 6.45) is 9.76. The molecule has 1 aromatic heterocycles. The summed E-state index contributed by atoms with van der Waals surface area (Å²) in [5, 5.41) is 3.16. The Morgan fingerprint density at radius 1 is 1.20 bits per heavy atom. The maximum absolute atomic E-state index is 12.1. The van der Waals surface area contributed by atoms with E-state index in [1.54, 1.807) is 0 Å². The van der Waals surface area contributed by atoms with Gasteiger partial charge in [0, 0.05) is 12.5 Å². The molecule has 0 saturated heterocycles. The fourth-order valence-electron chi connectivity index (χ4n) is 3.45. The van der Waals surface area contributed by atoms with Crippen LogP contribution in [0.5, 0.6) is 0 Å². The standard InChI is InChI=1S/C21H31N3O/c1-3-4-5-6-7-10-15-24-19-12-9-8-11-18(19)23-20(24)16(2)22-21(25)17-13-14-17/h8-9,11-12,16-17H,3-7,10,13-15H2,1-2H3,(H,22,25). The molecular formula is C21H31N3O. The highest BCUT2D eigenvalue weighted by Gasteiger charge is 2.31. The SMILES string of the molecule is CCCCCCCCn1c(C(C)NC(=O)C2CC2)nc2ccccc21. The summed E-state index contributed by atoms with van der Waals surface area (Å²) in [5.74, 6) is 1.41. The second kappa shape index (κ2) is 8.50. The molecule has 1 aromatic carbocycles. The molecule has 1 saturated carbocycles. The molecule has 136 valence electrons. The van der Waals surface area contributed by atoms with Crippen molar-refractivity contribution in [3.63, 3.8) is 0 Å². The Morgan fingerprint density at radius 2 is 1.92 bits per heavy atom. The number of amides is 1.